The molecule has 0 aromatic carbocycles. The van der Waals surface area contributed by atoms with Gasteiger partial charge in [0.15, 0.2) is 0 Å². The van der Waals surface area contributed by atoms with Gasteiger partial charge in [-0.25, -0.2) is 0 Å². The highest BCUT2D eigenvalue weighted by atomic mass is 35.5. The third-order valence-corrected chi connectivity index (χ3v) is 4.64. The molecule has 1 aliphatic heterocycles. The number of halogens is 1. The summed E-state index contributed by atoms with van der Waals surface area (Å²) >= 11 is 6.67. The van der Waals surface area contributed by atoms with E-state index in [0.717, 1.165) is 0 Å². The van der Waals surface area contributed by atoms with E-state index < -0.39 is 0 Å². The van der Waals surface area contributed by atoms with Gasteiger partial charge in [0, 0.05) is 4.87 Å². The van der Waals surface area contributed by atoms with Gasteiger partial charge in [0.05, 0.1) is 0 Å². The van der Waals surface area contributed by atoms with Crippen molar-refractivity contribution in [1.82, 2.24) is 4.90 Å². The number of alkyl halides is 1. The lowest BCUT2D eigenvalue weighted by Crippen LogP contribution is -2.35. The lowest BCUT2D eigenvalue weighted by molar-refractivity contribution is 0.208. The third-order valence-electron chi connectivity index (χ3n) is 4.07. The van der Waals surface area contributed by atoms with E-state index in [1.807, 2.05) is 0 Å². The topological polar surface area (TPSA) is 3.24 Å². The monoisotopic (exact) mass is 229 g/mol. The molecule has 2 aliphatic rings. The Morgan fingerprint density at radius 3 is 2.13 bits per heavy atom. The normalized spacial score (nSPS) is 27.8. The average Bonchev–Trinajstić information content (AvgIpc) is 2.29. The molecular formula is C13H24ClN. The number of likely N-dealkylation sites (tertiary alicyclic amines) is 1. The maximum atomic E-state index is 6.67. The molecule has 0 aromatic heterocycles. The first-order chi connectivity index (χ1) is 7.29. The van der Waals surface area contributed by atoms with Crippen molar-refractivity contribution in [3.63, 3.8) is 0 Å². The first-order valence-electron chi connectivity index (χ1n) is 6.70. The summed E-state index contributed by atoms with van der Waals surface area (Å²) in [6.07, 6.45) is 12.1. The van der Waals surface area contributed by atoms with Crippen LogP contribution in [-0.2, 0) is 0 Å². The quantitative estimate of drug-likeness (QED) is 0.666. The molecule has 0 atom stereocenters. The van der Waals surface area contributed by atoms with Crippen molar-refractivity contribution in [2.75, 3.05) is 19.6 Å². The average molecular weight is 230 g/mol. The van der Waals surface area contributed by atoms with E-state index in [1.54, 1.807) is 0 Å². The van der Waals surface area contributed by atoms with Gasteiger partial charge in [-0.05, 0) is 51.7 Å². The highest BCUT2D eigenvalue weighted by molar-refractivity contribution is 6.23. The molecule has 1 nitrogen and oxygen atoms in total. The maximum Gasteiger partial charge on any atom is 0.0459 e. The number of piperidine rings is 1. The van der Waals surface area contributed by atoms with E-state index in [4.69, 9.17) is 11.6 Å². The van der Waals surface area contributed by atoms with Crippen LogP contribution in [0.1, 0.15) is 57.8 Å². The van der Waals surface area contributed by atoms with Gasteiger partial charge in [-0.1, -0.05) is 25.7 Å². The van der Waals surface area contributed by atoms with E-state index in [2.05, 4.69) is 4.90 Å². The summed E-state index contributed by atoms with van der Waals surface area (Å²) < 4.78 is 0. The van der Waals surface area contributed by atoms with Crippen LogP contribution < -0.4 is 0 Å². The van der Waals surface area contributed by atoms with E-state index in [9.17, 15) is 0 Å². The van der Waals surface area contributed by atoms with E-state index in [1.165, 1.54) is 77.4 Å². The number of nitrogens with zero attached hydrogens (tertiary/aromatic N) is 1. The van der Waals surface area contributed by atoms with Crippen molar-refractivity contribution < 1.29 is 0 Å². The van der Waals surface area contributed by atoms with Gasteiger partial charge >= 0.3 is 0 Å². The minimum Gasteiger partial charge on any atom is -0.303 e. The van der Waals surface area contributed by atoms with Crippen molar-refractivity contribution in [3.05, 3.63) is 0 Å². The Bertz CT molecular complexity index is 181. The molecule has 0 bridgehead atoms. The minimum atomic E-state index is 0.162. The van der Waals surface area contributed by atoms with Crippen molar-refractivity contribution in [2.24, 2.45) is 0 Å². The first-order valence-corrected chi connectivity index (χ1v) is 7.08. The van der Waals surface area contributed by atoms with Crippen LogP contribution in [0.15, 0.2) is 0 Å². The summed E-state index contributed by atoms with van der Waals surface area (Å²) in [6, 6.07) is 0. The first kappa shape index (κ1) is 11.7. The van der Waals surface area contributed by atoms with Gasteiger partial charge < -0.3 is 4.90 Å². The highest BCUT2D eigenvalue weighted by Crippen LogP contribution is 2.37. The van der Waals surface area contributed by atoms with E-state index in [0.29, 0.717) is 0 Å². The van der Waals surface area contributed by atoms with Crippen LogP contribution in [0.25, 0.3) is 0 Å². The van der Waals surface area contributed by atoms with Crippen LogP contribution in [0, 0.1) is 0 Å². The van der Waals surface area contributed by atoms with Gasteiger partial charge in [-0.15, -0.1) is 11.6 Å². The van der Waals surface area contributed by atoms with Crippen LogP contribution in [0.4, 0.5) is 0 Å². The Morgan fingerprint density at radius 1 is 0.867 bits per heavy atom. The molecule has 1 heterocycles. The summed E-state index contributed by atoms with van der Waals surface area (Å²) in [5, 5.41) is 0. The Labute approximate surface area is 99.2 Å². The Morgan fingerprint density at radius 2 is 1.47 bits per heavy atom. The van der Waals surface area contributed by atoms with Crippen LogP contribution in [-0.4, -0.2) is 29.4 Å². The highest BCUT2D eigenvalue weighted by Gasteiger charge is 2.29. The Hall–Kier alpha value is 0.250. The number of rotatable bonds is 3. The van der Waals surface area contributed by atoms with Gasteiger partial charge in [0.1, 0.15) is 0 Å². The molecule has 2 rings (SSSR count). The molecule has 1 saturated carbocycles. The fourth-order valence-electron chi connectivity index (χ4n) is 2.98. The maximum absolute atomic E-state index is 6.67. The predicted octanol–water partition coefficient (Wildman–Crippen LogP) is 3.80. The largest absolute Gasteiger partial charge is 0.303 e. The van der Waals surface area contributed by atoms with Crippen LogP contribution in [0.5, 0.6) is 0 Å². The molecule has 2 fully saturated rings. The van der Waals surface area contributed by atoms with Gasteiger partial charge in [0.2, 0.25) is 0 Å². The molecule has 0 unspecified atom stereocenters. The van der Waals surface area contributed by atoms with Gasteiger partial charge in [0.25, 0.3) is 0 Å². The SMILES string of the molecule is ClC1(CCN2CCCCC2)CCCCC1. The molecule has 0 radical (unpaired) electrons. The predicted molar refractivity (Wildman–Crippen MR) is 66.6 cm³/mol. The van der Waals surface area contributed by atoms with Crippen molar-refractivity contribution in [2.45, 2.75) is 62.7 Å². The lowest BCUT2D eigenvalue weighted by atomic mass is 9.86. The standard InChI is InChI=1S/C13H24ClN/c14-13(7-3-1-4-8-13)9-12-15-10-5-2-6-11-15/h1-12H2. The molecule has 0 amide bonds. The van der Waals surface area contributed by atoms with E-state index in [-0.39, 0.29) is 4.87 Å². The zero-order valence-corrected chi connectivity index (χ0v) is 10.6. The van der Waals surface area contributed by atoms with Crippen LogP contribution in [0.3, 0.4) is 0 Å². The van der Waals surface area contributed by atoms with Crippen LogP contribution in [0.2, 0.25) is 0 Å². The molecule has 0 N–H and O–H groups in total. The molecule has 1 aliphatic carbocycles. The molecule has 88 valence electrons. The lowest BCUT2D eigenvalue weighted by Gasteiger charge is -2.34. The zero-order chi connectivity index (χ0) is 10.6. The molecule has 15 heavy (non-hydrogen) atoms. The summed E-state index contributed by atoms with van der Waals surface area (Å²) in [5.41, 5.74) is 0. The second-order valence-electron chi connectivity index (χ2n) is 5.36. The van der Waals surface area contributed by atoms with Gasteiger partial charge in [-0.3, -0.25) is 0 Å². The third kappa shape index (κ3) is 3.64. The number of hydrogen-bond acceptors (Lipinski definition) is 1. The molecule has 0 spiro atoms. The van der Waals surface area contributed by atoms with Crippen molar-refractivity contribution in [3.8, 4) is 0 Å². The second-order valence-corrected chi connectivity index (χ2v) is 6.17. The molecule has 1 saturated heterocycles. The van der Waals surface area contributed by atoms with E-state index >= 15 is 0 Å². The summed E-state index contributed by atoms with van der Waals surface area (Å²) in [6.45, 7) is 3.86. The van der Waals surface area contributed by atoms with Gasteiger partial charge in [-0.2, -0.15) is 0 Å². The summed E-state index contributed by atoms with van der Waals surface area (Å²) in [7, 11) is 0. The fourth-order valence-corrected chi connectivity index (χ4v) is 3.33. The Balaban J connectivity index is 1.70. The summed E-state index contributed by atoms with van der Waals surface area (Å²) in [4.78, 5) is 2.78. The van der Waals surface area contributed by atoms with Crippen LogP contribution >= 0.6 is 11.6 Å². The minimum absolute atomic E-state index is 0.162. The molecule has 0 aromatic rings. The number of hydrogen-bond donors (Lipinski definition) is 0. The fraction of sp³-hybridized carbons (Fsp3) is 1.00. The zero-order valence-electron chi connectivity index (χ0n) is 9.81. The van der Waals surface area contributed by atoms with Crippen molar-refractivity contribution in [1.29, 1.82) is 0 Å². The summed E-state index contributed by atoms with van der Waals surface area (Å²) in [5.74, 6) is 0. The smallest absolute Gasteiger partial charge is 0.0459 e. The molecule has 2 heteroatoms. The molecular weight excluding hydrogens is 206 g/mol. The second kappa shape index (κ2) is 5.54. The Kier molecular flexibility index (Phi) is 4.33. The van der Waals surface area contributed by atoms with Crippen molar-refractivity contribution >= 4 is 11.6 Å².